The molecule has 3 aromatic rings. The van der Waals surface area contributed by atoms with E-state index in [1.54, 1.807) is 17.4 Å². The van der Waals surface area contributed by atoms with Crippen LogP contribution in [-0.4, -0.2) is 41.9 Å². The molecular weight excluding hydrogens is 432 g/mol. The molecule has 2 N–H and O–H groups in total. The summed E-state index contributed by atoms with van der Waals surface area (Å²) in [6, 6.07) is 9.87. The number of hydrogen-bond donors (Lipinski definition) is 2. The van der Waals surface area contributed by atoms with Crippen LogP contribution in [-0.2, 0) is 10.0 Å². The molecule has 0 atom stereocenters. The van der Waals surface area contributed by atoms with Crippen LogP contribution < -0.4 is 5.32 Å². The number of halogens is 1. The van der Waals surface area contributed by atoms with E-state index in [1.165, 1.54) is 22.5 Å². The quantitative estimate of drug-likeness (QED) is 0.608. The molecule has 1 saturated heterocycles. The van der Waals surface area contributed by atoms with Gasteiger partial charge in [0.25, 0.3) is 5.91 Å². The van der Waals surface area contributed by atoms with Crippen molar-refractivity contribution in [1.29, 1.82) is 0 Å². The van der Waals surface area contributed by atoms with Crippen LogP contribution in [0, 0.1) is 0 Å². The number of anilines is 1. The Balaban J connectivity index is 1.56. The molecule has 1 amide bonds. The van der Waals surface area contributed by atoms with Crippen LogP contribution in [0.15, 0.2) is 46.7 Å². The van der Waals surface area contributed by atoms with E-state index in [0.717, 1.165) is 29.8 Å². The van der Waals surface area contributed by atoms with Crippen LogP contribution in [0.25, 0.3) is 10.6 Å². The summed E-state index contributed by atoms with van der Waals surface area (Å²) in [7, 11) is -3.75. The number of hydrogen-bond acceptors (Lipinski definition) is 5. The lowest BCUT2D eigenvalue weighted by molar-refractivity contribution is 0.102. The SMILES string of the molecule is O=C(Nc1cc(-c2cccs2)[nH]n1)c1ccc(Cl)c(S(=O)(=O)N2CCCCC2)c1. The number of sulfonamides is 1. The molecule has 1 aliphatic rings. The number of nitrogens with one attached hydrogen (secondary N) is 2. The van der Waals surface area contributed by atoms with Gasteiger partial charge < -0.3 is 5.32 Å². The van der Waals surface area contributed by atoms with Gasteiger partial charge in [-0.05, 0) is 42.5 Å². The molecule has 1 aromatic carbocycles. The molecule has 0 unspecified atom stereocenters. The maximum Gasteiger partial charge on any atom is 0.256 e. The third-order valence-corrected chi connectivity index (χ3v) is 8.02. The Labute approximate surface area is 177 Å². The van der Waals surface area contributed by atoms with Gasteiger partial charge in [-0.2, -0.15) is 9.40 Å². The van der Waals surface area contributed by atoms with Crippen LogP contribution in [0.4, 0.5) is 5.82 Å². The third-order valence-electron chi connectivity index (χ3n) is 4.73. The van der Waals surface area contributed by atoms with Gasteiger partial charge in [0.1, 0.15) is 4.90 Å². The second-order valence-corrected chi connectivity index (χ2v) is 9.97. The van der Waals surface area contributed by atoms with E-state index in [-0.39, 0.29) is 15.5 Å². The summed E-state index contributed by atoms with van der Waals surface area (Å²) < 4.78 is 27.4. The van der Waals surface area contributed by atoms with Crippen LogP contribution in [0.5, 0.6) is 0 Å². The van der Waals surface area contributed by atoms with Crippen molar-refractivity contribution in [3.05, 3.63) is 52.4 Å². The molecule has 29 heavy (non-hydrogen) atoms. The normalized spacial score (nSPS) is 15.3. The molecule has 10 heteroatoms. The van der Waals surface area contributed by atoms with Crippen molar-refractivity contribution < 1.29 is 13.2 Å². The van der Waals surface area contributed by atoms with Crippen molar-refractivity contribution in [3.63, 3.8) is 0 Å². The summed E-state index contributed by atoms with van der Waals surface area (Å²) in [5.41, 5.74) is 0.991. The summed E-state index contributed by atoms with van der Waals surface area (Å²) in [5, 5.41) is 11.7. The van der Waals surface area contributed by atoms with E-state index in [0.29, 0.717) is 18.9 Å². The largest absolute Gasteiger partial charge is 0.305 e. The minimum absolute atomic E-state index is 0.0463. The van der Waals surface area contributed by atoms with Crippen LogP contribution in [0.3, 0.4) is 0 Å². The number of H-pyrrole nitrogens is 1. The molecule has 0 bridgehead atoms. The first kappa shape index (κ1) is 20.1. The number of benzene rings is 1. The molecule has 1 fully saturated rings. The number of nitrogens with zero attached hydrogens (tertiary/aromatic N) is 2. The van der Waals surface area contributed by atoms with Crippen LogP contribution >= 0.6 is 22.9 Å². The summed E-state index contributed by atoms with van der Waals surface area (Å²) in [4.78, 5) is 13.6. The fourth-order valence-corrected chi connectivity index (χ4v) is 5.93. The highest BCUT2D eigenvalue weighted by Crippen LogP contribution is 2.29. The second kappa shape index (κ2) is 8.27. The Morgan fingerprint density at radius 3 is 2.69 bits per heavy atom. The third kappa shape index (κ3) is 4.23. The van der Waals surface area contributed by atoms with Crippen molar-refractivity contribution in [2.45, 2.75) is 24.2 Å². The highest BCUT2D eigenvalue weighted by Gasteiger charge is 2.28. The number of carbonyl (C=O) groups excluding carboxylic acids is 1. The maximum atomic E-state index is 13.0. The molecule has 0 spiro atoms. The first-order valence-corrected chi connectivity index (χ1v) is 11.9. The number of rotatable bonds is 5. The van der Waals surface area contributed by atoms with Crippen molar-refractivity contribution in [3.8, 4) is 10.6 Å². The minimum Gasteiger partial charge on any atom is -0.305 e. The lowest BCUT2D eigenvalue weighted by Crippen LogP contribution is -2.35. The summed E-state index contributed by atoms with van der Waals surface area (Å²) in [5.74, 6) is -0.102. The fraction of sp³-hybridized carbons (Fsp3) is 0.263. The standard InChI is InChI=1S/C19H19ClN4O3S2/c20-14-7-6-13(11-17(14)29(26,27)24-8-2-1-3-9-24)19(25)21-18-12-15(22-23-18)16-5-4-10-28-16/h4-7,10-12H,1-3,8-9H2,(H2,21,22,23,25). The van der Waals surface area contributed by atoms with Gasteiger partial charge in [0.2, 0.25) is 10.0 Å². The number of amides is 1. The van der Waals surface area contributed by atoms with Gasteiger partial charge in [-0.3, -0.25) is 9.89 Å². The Kier molecular flexibility index (Phi) is 5.73. The Bertz CT molecular complexity index is 1120. The zero-order chi connectivity index (χ0) is 20.4. The first-order valence-electron chi connectivity index (χ1n) is 9.15. The van der Waals surface area contributed by atoms with Gasteiger partial charge >= 0.3 is 0 Å². The molecule has 4 rings (SSSR count). The van der Waals surface area contributed by atoms with Gasteiger partial charge in [0, 0.05) is 24.7 Å². The molecule has 0 radical (unpaired) electrons. The van der Waals surface area contributed by atoms with E-state index in [2.05, 4.69) is 15.5 Å². The second-order valence-electron chi connectivity index (χ2n) is 6.71. The summed E-state index contributed by atoms with van der Waals surface area (Å²) in [6.45, 7) is 0.932. The molecule has 0 aliphatic carbocycles. The topological polar surface area (TPSA) is 95.2 Å². The molecule has 1 aliphatic heterocycles. The van der Waals surface area contributed by atoms with Crippen LogP contribution in [0.2, 0.25) is 5.02 Å². The Morgan fingerprint density at radius 2 is 1.97 bits per heavy atom. The number of aromatic amines is 1. The van der Waals surface area contributed by atoms with Gasteiger partial charge in [-0.25, -0.2) is 8.42 Å². The predicted octanol–water partition coefficient (Wildman–Crippen LogP) is 4.22. The van der Waals surface area contributed by atoms with E-state index in [9.17, 15) is 13.2 Å². The number of piperidine rings is 1. The average Bonchev–Trinajstić information content (AvgIpc) is 3.40. The monoisotopic (exact) mass is 450 g/mol. The van der Waals surface area contributed by atoms with Gasteiger partial charge in [0.05, 0.1) is 15.6 Å². The lowest BCUT2D eigenvalue weighted by atomic mass is 10.2. The lowest BCUT2D eigenvalue weighted by Gasteiger charge is -2.26. The molecule has 3 heterocycles. The van der Waals surface area contributed by atoms with Crippen molar-refractivity contribution >= 4 is 44.7 Å². The average molecular weight is 451 g/mol. The highest BCUT2D eigenvalue weighted by atomic mass is 35.5. The highest BCUT2D eigenvalue weighted by molar-refractivity contribution is 7.89. The zero-order valence-corrected chi connectivity index (χ0v) is 17.8. The van der Waals surface area contributed by atoms with E-state index < -0.39 is 15.9 Å². The maximum absolute atomic E-state index is 13.0. The van der Waals surface area contributed by atoms with Crippen molar-refractivity contribution in [2.24, 2.45) is 0 Å². The predicted molar refractivity (Wildman–Crippen MR) is 114 cm³/mol. The zero-order valence-electron chi connectivity index (χ0n) is 15.4. The Hall–Kier alpha value is -2.20. The van der Waals surface area contributed by atoms with Gasteiger partial charge in [-0.1, -0.05) is 24.1 Å². The van der Waals surface area contributed by atoms with E-state index in [1.807, 2.05) is 17.5 Å². The minimum atomic E-state index is -3.75. The summed E-state index contributed by atoms with van der Waals surface area (Å²) in [6.07, 6.45) is 2.66. The molecular formula is C19H19ClN4O3S2. The van der Waals surface area contributed by atoms with E-state index in [4.69, 9.17) is 11.6 Å². The fourth-order valence-electron chi connectivity index (χ4n) is 3.22. The molecule has 2 aromatic heterocycles. The first-order chi connectivity index (χ1) is 13.9. The molecule has 0 saturated carbocycles. The van der Waals surface area contributed by atoms with E-state index >= 15 is 0 Å². The van der Waals surface area contributed by atoms with Crippen LogP contribution in [0.1, 0.15) is 29.6 Å². The van der Waals surface area contributed by atoms with Gasteiger partial charge in [0.15, 0.2) is 5.82 Å². The molecule has 152 valence electrons. The van der Waals surface area contributed by atoms with Crippen molar-refractivity contribution in [2.75, 3.05) is 18.4 Å². The Morgan fingerprint density at radius 1 is 1.17 bits per heavy atom. The number of thiophene rings is 1. The van der Waals surface area contributed by atoms with Gasteiger partial charge in [-0.15, -0.1) is 11.3 Å². The summed E-state index contributed by atoms with van der Waals surface area (Å²) >= 11 is 7.73. The number of aromatic nitrogens is 2. The molecule has 7 nitrogen and oxygen atoms in total. The smallest absolute Gasteiger partial charge is 0.256 e. The number of carbonyl (C=O) groups is 1. The van der Waals surface area contributed by atoms with Crippen molar-refractivity contribution in [1.82, 2.24) is 14.5 Å².